The molecule has 0 spiro atoms. The van der Waals surface area contributed by atoms with Gasteiger partial charge in [-0.25, -0.2) is 14.8 Å². The maximum absolute atomic E-state index is 13.6. The topological polar surface area (TPSA) is 193 Å². The molecule has 65 heavy (non-hydrogen) atoms. The van der Waals surface area contributed by atoms with Crippen LogP contribution in [0.5, 0.6) is 0 Å². The molecule has 4 aromatic rings. The van der Waals surface area contributed by atoms with E-state index in [1.165, 1.54) is 41.0 Å². The van der Waals surface area contributed by atoms with E-state index in [0.717, 1.165) is 38.9 Å². The average Bonchev–Trinajstić information content (AvgIpc) is 3.82. The molecule has 18 nitrogen and oxygen atoms in total. The summed E-state index contributed by atoms with van der Waals surface area (Å²) in [5.74, 6) is -3.11. The molecule has 0 saturated heterocycles. The minimum Gasteiger partial charge on any atom is -0.481 e. The van der Waals surface area contributed by atoms with Crippen LogP contribution in [0, 0.1) is 0 Å². The molecule has 3 aromatic carbocycles. The van der Waals surface area contributed by atoms with E-state index in [1.54, 1.807) is 19.1 Å². The van der Waals surface area contributed by atoms with Gasteiger partial charge in [-0.3, -0.25) is 24.0 Å². The highest BCUT2D eigenvalue weighted by atomic mass is 16.6. The zero-order chi connectivity index (χ0) is 46.9. The summed E-state index contributed by atoms with van der Waals surface area (Å²) in [6.45, 7) is 0.148. The Kier molecular flexibility index (Phi) is 18.8. The summed E-state index contributed by atoms with van der Waals surface area (Å²) in [6.07, 6.45) is -0.761. The van der Waals surface area contributed by atoms with Crippen molar-refractivity contribution in [3.63, 3.8) is 0 Å². The average molecular weight is 900 g/mol. The monoisotopic (exact) mass is 899 g/mol. The van der Waals surface area contributed by atoms with Gasteiger partial charge in [0, 0.05) is 91.7 Å². The molecule has 0 atom stereocenters. The Morgan fingerprint density at radius 2 is 1.22 bits per heavy atom. The number of ether oxygens (including phenoxy) is 4. The molecule has 5 rings (SSSR count). The first-order chi connectivity index (χ1) is 31.4. The maximum Gasteiger partial charge on any atom is 0.424 e. The SMILES string of the molecule is COCCN(CCC(=O)O)C(=O)CN(CCOC)C(=O)CN(CCOC)C(=O)CNC(=O)CCn1c(CN(C)N(C)C(=O)OCC2c3ccccc3-c3ccccc32)cc2ccccc21. The zero-order valence-electron chi connectivity index (χ0n) is 37.9. The third-order valence-corrected chi connectivity index (χ3v) is 11.4. The van der Waals surface area contributed by atoms with Crippen LogP contribution in [0.25, 0.3) is 22.0 Å². The summed E-state index contributed by atoms with van der Waals surface area (Å²) in [4.78, 5) is 82.2. The molecule has 0 unspecified atom stereocenters. The third kappa shape index (κ3) is 13.6. The highest BCUT2D eigenvalue weighted by molar-refractivity contribution is 5.90. The zero-order valence-corrected chi connectivity index (χ0v) is 37.9. The quantitative estimate of drug-likeness (QED) is 0.0876. The number of nitrogens with one attached hydrogen (secondary N) is 1. The van der Waals surface area contributed by atoms with Gasteiger partial charge in [0.1, 0.15) is 6.61 Å². The molecular formula is C47H61N7O11. The van der Waals surface area contributed by atoms with Crippen LogP contribution in [0.1, 0.15) is 35.6 Å². The number of para-hydroxylation sites is 1. The lowest BCUT2D eigenvalue weighted by atomic mass is 9.98. The summed E-state index contributed by atoms with van der Waals surface area (Å²) in [6, 6.07) is 26.1. The normalized spacial score (nSPS) is 11.8. The van der Waals surface area contributed by atoms with Gasteiger partial charge in [-0.05, 0) is 39.8 Å². The van der Waals surface area contributed by atoms with Gasteiger partial charge < -0.3 is 48.6 Å². The number of hydrazine groups is 1. The molecule has 1 heterocycles. The van der Waals surface area contributed by atoms with Crippen LogP contribution in [0.2, 0.25) is 0 Å². The van der Waals surface area contributed by atoms with Crippen LogP contribution in [0.4, 0.5) is 4.79 Å². The predicted octanol–water partition coefficient (Wildman–Crippen LogP) is 3.28. The van der Waals surface area contributed by atoms with Crippen molar-refractivity contribution in [2.75, 3.05) is 108 Å². The Bertz CT molecular complexity index is 2220. The van der Waals surface area contributed by atoms with Crippen LogP contribution < -0.4 is 5.32 Å². The van der Waals surface area contributed by atoms with Crippen molar-refractivity contribution in [1.82, 2.24) is 34.6 Å². The summed E-state index contributed by atoms with van der Waals surface area (Å²) in [5.41, 5.74) is 6.28. The second-order valence-corrected chi connectivity index (χ2v) is 15.6. The number of fused-ring (bicyclic) bond motifs is 4. The van der Waals surface area contributed by atoms with Gasteiger partial charge in [0.15, 0.2) is 0 Å². The van der Waals surface area contributed by atoms with Crippen LogP contribution in [0.3, 0.4) is 0 Å². The van der Waals surface area contributed by atoms with Gasteiger partial charge in [-0.1, -0.05) is 66.7 Å². The maximum atomic E-state index is 13.6. The third-order valence-electron chi connectivity index (χ3n) is 11.4. The number of aliphatic carboxylic acids is 1. The molecule has 2 N–H and O–H groups in total. The number of hydrogen-bond acceptors (Lipinski definition) is 11. The summed E-state index contributed by atoms with van der Waals surface area (Å²) >= 11 is 0. The van der Waals surface area contributed by atoms with Crippen LogP contribution in [-0.4, -0.2) is 178 Å². The van der Waals surface area contributed by atoms with Crippen molar-refractivity contribution < 1.29 is 52.8 Å². The number of aryl methyl sites for hydroxylation is 1. The van der Waals surface area contributed by atoms with Crippen molar-refractivity contribution in [3.05, 3.63) is 95.7 Å². The largest absolute Gasteiger partial charge is 0.481 e. The Hall–Kier alpha value is -6.34. The number of carboxylic acids is 1. The van der Waals surface area contributed by atoms with Gasteiger partial charge in [0.2, 0.25) is 23.6 Å². The summed E-state index contributed by atoms with van der Waals surface area (Å²) in [5, 5.41) is 16.0. The van der Waals surface area contributed by atoms with E-state index in [4.69, 9.17) is 18.9 Å². The number of amides is 5. The molecule has 0 saturated carbocycles. The number of hydrogen-bond donors (Lipinski definition) is 2. The molecular weight excluding hydrogens is 839 g/mol. The highest BCUT2D eigenvalue weighted by Crippen LogP contribution is 2.44. The minimum absolute atomic E-state index is 0.0241. The van der Waals surface area contributed by atoms with Crippen LogP contribution >= 0.6 is 0 Å². The van der Waals surface area contributed by atoms with Crippen molar-refractivity contribution in [1.29, 1.82) is 0 Å². The number of nitrogens with zero attached hydrogens (tertiary/aromatic N) is 6. The first-order valence-corrected chi connectivity index (χ1v) is 21.5. The highest BCUT2D eigenvalue weighted by Gasteiger charge is 2.30. The van der Waals surface area contributed by atoms with E-state index in [0.29, 0.717) is 6.54 Å². The second kappa shape index (κ2) is 24.6. The standard InChI is InChI=1S/C47H61N7O11/c1-49(50(2)47(61)65-33-40-38-15-9-7-13-36(38)37-14-8-10-16-39(37)40)30-35-28-34-12-6-11-17-41(34)54(35)21-18-42(55)48-29-43(56)52(23-26-63-4)32-45(58)53(24-27-64-5)31-44(57)51(22-25-62-3)20-19-46(59)60/h6-17,28,40H,18-27,29-33H2,1-5H3,(H,48,55)(H,59,60). The van der Waals surface area contributed by atoms with Gasteiger partial charge in [-0.2, -0.15) is 0 Å². The summed E-state index contributed by atoms with van der Waals surface area (Å²) < 4.78 is 23.3. The first-order valence-electron chi connectivity index (χ1n) is 21.5. The fourth-order valence-corrected chi connectivity index (χ4v) is 7.72. The van der Waals surface area contributed by atoms with Crippen molar-refractivity contribution in [3.8, 4) is 11.1 Å². The lowest BCUT2D eigenvalue weighted by Gasteiger charge is -2.29. The lowest BCUT2D eigenvalue weighted by molar-refractivity contribution is -0.145. The van der Waals surface area contributed by atoms with Crippen molar-refractivity contribution in [2.45, 2.75) is 31.8 Å². The minimum atomic E-state index is -1.07. The molecule has 1 aliphatic carbocycles. The number of methoxy groups -OCH3 is 3. The van der Waals surface area contributed by atoms with E-state index >= 15 is 0 Å². The van der Waals surface area contributed by atoms with E-state index < -0.39 is 42.2 Å². The molecule has 0 fully saturated rings. The molecule has 0 bridgehead atoms. The molecule has 0 aliphatic heterocycles. The number of rotatable bonds is 26. The van der Waals surface area contributed by atoms with Crippen molar-refractivity contribution >= 4 is 46.6 Å². The second-order valence-electron chi connectivity index (χ2n) is 15.6. The van der Waals surface area contributed by atoms with E-state index in [9.17, 15) is 33.9 Å². The number of carbonyl (C=O) groups is 6. The number of carbonyl (C=O) groups excluding carboxylic acids is 5. The Morgan fingerprint density at radius 1 is 0.677 bits per heavy atom. The Labute approximate surface area is 379 Å². The number of aromatic nitrogens is 1. The smallest absolute Gasteiger partial charge is 0.424 e. The van der Waals surface area contributed by atoms with E-state index in [1.807, 2.05) is 59.2 Å². The summed E-state index contributed by atoms with van der Waals surface area (Å²) in [7, 11) is 7.81. The van der Waals surface area contributed by atoms with Crippen molar-refractivity contribution in [2.24, 2.45) is 0 Å². The molecule has 1 aromatic heterocycles. The van der Waals surface area contributed by atoms with Gasteiger partial charge in [0.05, 0.1) is 52.4 Å². The molecule has 1 aliphatic rings. The fourth-order valence-electron chi connectivity index (χ4n) is 7.72. The van der Waals surface area contributed by atoms with E-state index in [2.05, 4.69) is 29.6 Å². The Balaban J connectivity index is 1.17. The van der Waals surface area contributed by atoms with Gasteiger partial charge >= 0.3 is 12.1 Å². The first kappa shape index (κ1) is 49.7. The number of benzene rings is 3. The molecule has 18 heteroatoms. The van der Waals surface area contributed by atoms with Crippen LogP contribution in [-0.2, 0) is 56.0 Å². The van der Waals surface area contributed by atoms with Gasteiger partial charge in [0.25, 0.3) is 0 Å². The molecule has 0 radical (unpaired) electrons. The van der Waals surface area contributed by atoms with Gasteiger partial charge in [-0.15, -0.1) is 0 Å². The number of carboxylic acid groups (broad SMARTS) is 1. The fraction of sp³-hybridized carbons (Fsp3) is 0.447. The Morgan fingerprint density at radius 3 is 1.82 bits per heavy atom. The van der Waals surface area contributed by atoms with Crippen LogP contribution in [0.15, 0.2) is 78.9 Å². The lowest BCUT2D eigenvalue weighted by Crippen LogP contribution is -2.50. The molecule has 350 valence electrons. The predicted molar refractivity (Wildman–Crippen MR) is 241 cm³/mol. The van der Waals surface area contributed by atoms with E-state index in [-0.39, 0.29) is 91.0 Å². The molecule has 5 amide bonds.